The van der Waals surface area contributed by atoms with Crippen molar-refractivity contribution in [3.05, 3.63) is 24.2 Å². The quantitative estimate of drug-likeness (QED) is 0.736. The van der Waals surface area contributed by atoms with Crippen LogP contribution in [0, 0.1) is 0 Å². The van der Waals surface area contributed by atoms with Crippen molar-refractivity contribution in [3.63, 3.8) is 0 Å². The van der Waals surface area contributed by atoms with Crippen LogP contribution in [-0.2, 0) is 0 Å². The van der Waals surface area contributed by atoms with E-state index in [4.69, 9.17) is 4.42 Å². The molecule has 0 saturated heterocycles. The summed E-state index contributed by atoms with van der Waals surface area (Å²) in [4.78, 5) is 2.55. The number of hydrogen-bond acceptors (Lipinski definition) is 3. The lowest BCUT2D eigenvalue weighted by atomic mass is 9.83. The van der Waals surface area contributed by atoms with Crippen LogP contribution in [0.2, 0.25) is 0 Å². The van der Waals surface area contributed by atoms with Gasteiger partial charge in [-0.3, -0.25) is 4.90 Å². The van der Waals surface area contributed by atoms with E-state index in [0.29, 0.717) is 6.04 Å². The summed E-state index contributed by atoms with van der Waals surface area (Å²) in [6, 6.07) is 2.40. The van der Waals surface area contributed by atoms with Crippen LogP contribution in [0.3, 0.4) is 0 Å². The SMILES string of the molecule is CCCNC(c1ccoc1)C(C)(CC)N(CC)CC. The van der Waals surface area contributed by atoms with E-state index in [1.54, 1.807) is 6.26 Å². The fraction of sp³-hybridized carbons (Fsp3) is 0.750. The summed E-state index contributed by atoms with van der Waals surface area (Å²) in [5, 5.41) is 3.71. The normalized spacial score (nSPS) is 16.5. The smallest absolute Gasteiger partial charge is 0.0951 e. The molecule has 0 amide bonds. The number of likely N-dealkylation sites (N-methyl/N-ethyl adjacent to an activating group) is 1. The molecule has 1 aromatic heterocycles. The molecular formula is C16H30N2O. The third-order valence-electron chi connectivity index (χ3n) is 4.30. The summed E-state index contributed by atoms with van der Waals surface area (Å²) in [6.07, 6.45) is 5.91. The second-order valence-electron chi connectivity index (χ2n) is 5.33. The predicted molar refractivity (Wildman–Crippen MR) is 81.4 cm³/mol. The Morgan fingerprint density at radius 2 is 1.95 bits per heavy atom. The average Bonchev–Trinajstić information content (AvgIpc) is 2.94. The van der Waals surface area contributed by atoms with Crippen LogP contribution < -0.4 is 5.32 Å². The zero-order valence-electron chi connectivity index (χ0n) is 13.2. The van der Waals surface area contributed by atoms with Gasteiger partial charge in [-0.2, -0.15) is 0 Å². The van der Waals surface area contributed by atoms with Crippen molar-refractivity contribution in [3.8, 4) is 0 Å². The van der Waals surface area contributed by atoms with Crippen LogP contribution in [0.4, 0.5) is 0 Å². The predicted octanol–water partition coefficient (Wildman–Crippen LogP) is 3.83. The first kappa shape index (κ1) is 16.3. The molecule has 0 aromatic carbocycles. The third kappa shape index (κ3) is 3.61. The molecule has 0 aliphatic rings. The number of nitrogens with zero attached hydrogens (tertiary/aromatic N) is 1. The molecule has 2 atom stereocenters. The van der Waals surface area contributed by atoms with Crippen LogP contribution in [0.1, 0.15) is 59.1 Å². The molecule has 110 valence electrons. The Morgan fingerprint density at radius 1 is 1.26 bits per heavy atom. The van der Waals surface area contributed by atoms with Gasteiger partial charge in [0.05, 0.1) is 18.6 Å². The Morgan fingerprint density at radius 3 is 2.37 bits per heavy atom. The van der Waals surface area contributed by atoms with Gasteiger partial charge in [0, 0.05) is 11.1 Å². The molecule has 19 heavy (non-hydrogen) atoms. The monoisotopic (exact) mass is 266 g/mol. The molecule has 0 spiro atoms. The number of hydrogen-bond donors (Lipinski definition) is 1. The van der Waals surface area contributed by atoms with Gasteiger partial charge >= 0.3 is 0 Å². The van der Waals surface area contributed by atoms with Crippen LogP contribution >= 0.6 is 0 Å². The first-order chi connectivity index (χ1) is 9.13. The first-order valence-corrected chi connectivity index (χ1v) is 7.64. The lowest BCUT2D eigenvalue weighted by Gasteiger charge is -2.46. The molecule has 2 unspecified atom stereocenters. The second kappa shape index (κ2) is 7.71. The van der Waals surface area contributed by atoms with E-state index in [0.717, 1.165) is 32.5 Å². The molecule has 3 heteroatoms. The van der Waals surface area contributed by atoms with Crippen molar-refractivity contribution in [1.29, 1.82) is 0 Å². The highest BCUT2D eigenvalue weighted by Gasteiger charge is 2.37. The summed E-state index contributed by atoms with van der Waals surface area (Å²) in [7, 11) is 0. The molecule has 1 rings (SSSR count). The van der Waals surface area contributed by atoms with Crippen LogP contribution in [-0.4, -0.2) is 30.1 Å². The Balaban J connectivity index is 3.04. The molecule has 0 radical (unpaired) electrons. The molecule has 1 aromatic rings. The van der Waals surface area contributed by atoms with Crippen molar-refractivity contribution in [1.82, 2.24) is 10.2 Å². The number of rotatable bonds is 9. The maximum atomic E-state index is 5.30. The zero-order valence-corrected chi connectivity index (χ0v) is 13.2. The van der Waals surface area contributed by atoms with Gasteiger partial charge in [0.15, 0.2) is 0 Å². The topological polar surface area (TPSA) is 28.4 Å². The standard InChI is InChI=1S/C16H30N2O/c1-6-11-17-15(14-10-12-19-13-14)16(5,7-2)18(8-3)9-4/h10,12-13,15,17H,6-9,11H2,1-5H3. The minimum absolute atomic E-state index is 0.114. The lowest BCUT2D eigenvalue weighted by molar-refractivity contribution is 0.0696. The van der Waals surface area contributed by atoms with E-state index in [-0.39, 0.29) is 5.54 Å². The molecule has 0 aliphatic carbocycles. The molecule has 3 nitrogen and oxygen atoms in total. The van der Waals surface area contributed by atoms with Gasteiger partial charge in [0.1, 0.15) is 0 Å². The Kier molecular flexibility index (Phi) is 6.59. The molecule has 0 bridgehead atoms. The molecule has 0 aliphatic heterocycles. The summed E-state index contributed by atoms with van der Waals surface area (Å²) >= 11 is 0. The van der Waals surface area contributed by atoms with Gasteiger partial charge in [-0.15, -0.1) is 0 Å². The third-order valence-corrected chi connectivity index (χ3v) is 4.30. The highest BCUT2D eigenvalue weighted by Crippen LogP contribution is 2.34. The Bertz CT molecular complexity index is 333. The van der Waals surface area contributed by atoms with Gasteiger partial charge < -0.3 is 9.73 Å². The van der Waals surface area contributed by atoms with E-state index < -0.39 is 0 Å². The Labute approximate surface area is 118 Å². The largest absolute Gasteiger partial charge is 0.472 e. The molecular weight excluding hydrogens is 236 g/mol. The summed E-state index contributed by atoms with van der Waals surface area (Å²) < 4.78 is 5.30. The van der Waals surface area contributed by atoms with E-state index >= 15 is 0 Å². The summed E-state index contributed by atoms with van der Waals surface area (Å²) in [6.45, 7) is 14.5. The van der Waals surface area contributed by atoms with Crippen molar-refractivity contribution < 1.29 is 4.42 Å². The first-order valence-electron chi connectivity index (χ1n) is 7.64. The van der Waals surface area contributed by atoms with Crippen LogP contribution in [0.15, 0.2) is 23.0 Å². The van der Waals surface area contributed by atoms with Gasteiger partial charge in [0.2, 0.25) is 0 Å². The van der Waals surface area contributed by atoms with Crippen LogP contribution in [0.5, 0.6) is 0 Å². The van der Waals surface area contributed by atoms with Gasteiger partial charge in [-0.1, -0.05) is 27.7 Å². The van der Waals surface area contributed by atoms with Crippen molar-refractivity contribution in [2.75, 3.05) is 19.6 Å². The maximum Gasteiger partial charge on any atom is 0.0951 e. The van der Waals surface area contributed by atoms with E-state index in [2.05, 4.69) is 50.9 Å². The molecule has 0 saturated carbocycles. The fourth-order valence-electron chi connectivity index (χ4n) is 2.98. The van der Waals surface area contributed by atoms with E-state index in [1.165, 1.54) is 5.56 Å². The minimum atomic E-state index is 0.114. The zero-order chi connectivity index (χ0) is 14.3. The van der Waals surface area contributed by atoms with Gasteiger partial charge in [-0.05, 0) is 45.5 Å². The van der Waals surface area contributed by atoms with Crippen molar-refractivity contribution in [2.45, 2.75) is 59.0 Å². The van der Waals surface area contributed by atoms with E-state index in [9.17, 15) is 0 Å². The fourth-order valence-corrected chi connectivity index (χ4v) is 2.98. The van der Waals surface area contributed by atoms with E-state index in [1.807, 2.05) is 6.26 Å². The maximum absolute atomic E-state index is 5.30. The van der Waals surface area contributed by atoms with Crippen molar-refractivity contribution in [2.24, 2.45) is 0 Å². The second-order valence-corrected chi connectivity index (χ2v) is 5.33. The lowest BCUT2D eigenvalue weighted by Crippen LogP contribution is -2.54. The number of nitrogens with one attached hydrogen (secondary N) is 1. The summed E-state index contributed by atoms with van der Waals surface area (Å²) in [5.74, 6) is 0. The highest BCUT2D eigenvalue weighted by atomic mass is 16.3. The molecule has 1 heterocycles. The van der Waals surface area contributed by atoms with Crippen molar-refractivity contribution >= 4 is 0 Å². The van der Waals surface area contributed by atoms with Gasteiger partial charge in [-0.25, -0.2) is 0 Å². The van der Waals surface area contributed by atoms with Gasteiger partial charge in [0.25, 0.3) is 0 Å². The summed E-state index contributed by atoms with van der Waals surface area (Å²) in [5.41, 5.74) is 1.37. The number of furan rings is 1. The molecule has 0 fully saturated rings. The Hall–Kier alpha value is -0.800. The van der Waals surface area contributed by atoms with Crippen LogP contribution in [0.25, 0.3) is 0 Å². The molecule has 1 N–H and O–H groups in total. The minimum Gasteiger partial charge on any atom is -0.472 e. The highest BCUT2D eigenvalue weighted by molar-refractivity contribution is 5.18. The average molecular weight is 266 g/mol.